The molecule has 0 aromatic heterocycles. The summed E-state index contributed by atoms with van der Waals surface area (Å²) in [6.07, 6.45) is 1.54. The Labute approximate surface area is 170 Å². The van der Waals surface area contributed by atoms with Gasteiger partial charge in [-0.3, -0.25) is 0 Å². The van der Waals surface area contributed by atoms with Gasteiger partial charge >= 0.3 is 5.97 Å². The summed E-state index contributed by atoms with van der Waals surface area (Å²) in [5, 5.41) is 0. The summed E-state index contributed by atoms with van der Waals surface area (Å²) in [4.78, 5) is 11.6. The second kappa shape index (κ2) is 9.36. The minimum absolute atomic E-state index is 0.0994. The van der Waals surface area contributed by atoms with Crippen molar-refractivity contribution >= 4 is 5.97 Å². The van der Waals surface area contributed by atoms with E-state index in [9.17, 15) is 4.79 Å². The fraction of sp³-hybridized carbons (Fsp3) is 0.591. The van der Waals surface area contributed by atoms with Crippen LogP contribution in [0.15, 0.2) is 43.0 Å². The number of hydrogen-bond donors (Lipinski definition) is 0. The van der Waals surface area contributed by atoms with Crippen molar-refractivity contribution in [3.8, 4) is 0 Å². The van der Waals surface area contributed by atoms with E-state index in [2.05, 4.69) is 6.58 Å². The van der Waals surface area contributed by atoms with E-state index >= 15 is 0 Å². The molecular formula is C22H28O7. The fourth-order valence-electron chi connectivity index (χ4n) is 4.14. The Morgan fingerprint density at radius 2 is 1.86 bits per heavy atom. The van der Waals surface area contributed by atoms with E-state index in [1.807, 2.05) is 30.3 Å². The van der Waals surface area contributed by atoms with Crippen LogP contribution >= 0.6 is 0 Å². The van der Waals surface area contributed by atoms with Gasteiger partial charge in [0.15, 0.2) is 6.29 Å². The van der Waals surface area contributed by atoms with Gasteiger partial charge in [-0.1, -0.05) is 36.4 Å². The van der Waals surface area contributed by atoms with E-state index in [0.717, 1.165) is 12.0 Å². The van der Waals surface area contributed by atoms with Crippen LogP contribution in [-0.4, -0.2) is 62.4 Å². The second-order valence-corrected chi connectivity index (χ2v) is 7.46. The minimum atomic E-state index is -0.392. The van der Waals surface area contributed by atoms with Gasteiger partial charge in [0.2, 0.25) is 0 Å². The molecule has 4 rings (SSSR count). The van der Waals surface area contributed by atoms with Crippen LogP contribution in [-0.2, 0) is 33.2 Å². The van der Waals surface area contributed by atoms with Crippen molar-refractivity contribution in [3.05, 3.63) is 48.6 Å². The monoisotopic (exact) mass is 404 g/mol. The molecule has 3 saturated heterocycles. The van der Waals surface area contributed by atoms with Crippen LogP contribution in [0.1, 0.15) is 31.6 Å². The molecule has 1 aromatic carbocycles. The lowest BCUT2D eigenvalue weighted by atomic mass is 9.90. The lowest BCUT2D eigenvalue weighted by Gasteiger charge is -2.49. The molecule has 0 radical (unpaired) electrons. The third-order valence-electron chi connectivity index (χ3n) is 5.54. The van der Waals surface area contributed by atoms with Gasteiger partial charge in [-0.05, 0) is 6.92 Å². The summed E-state index contributed by atoms with van der Waals surface area (Å²) >= 11 is 0. The molecule has 0 spiro atoms. The number of ether oxygens (including phenoxy) is 6. The molecule has 29 heavy (non-hydrogen) atoms. The van der Waals surface area contributed by atoms with Gasteiger partial charge in [0, 0.05) is 18.4 Å². The summed E-state index contributed by atoms with van der Waals surface area (Å²) in [7, 11) is 0. The molecule has 1 unspecified atom stereocenters. The van der Waals surface area contributed by atoms with Crippen LogP contribution in [0, 0.1) is 0 Å². The first-order valence-corrected chi connectivity index (χ1v) is 10.2. The molecule has 3 aliphatic rings. The molecule has 7 heteroatoms. The standard InChI is InChI=1S/C22H28O7/c1-3-15-16(25-13-21(23)24-4-2)10-17-18(27-15)11-19-20(28-17)12-26-22(29-19)14-8-6-5-7-9-14/h3,5-9,15-20,22H,1,4,10-13H2,2H3/t15-,16+,17-,18+,19-,20+,22?/m0/s1. The molecular weight excluding hydrogens is 376 g/mol. The maximum atomic E-state index is 11.6. The average Bonchev–Trinajstić information content (AvgIpc) is 2.76. The third-order valence-corrected chi connectivity index (χ3v) is 5.54. The van der Waals surface area contributed by atoms with Crippen molar-refractivity contribution in [2.75, 3.05) is 19.8 Å². The van der Waals surface area contributed by atoms with Crippen LogP contribution in [0.5, 0.6) is 0 Å². The fourth-order valence-corrected chi connectivity index (χ4v) is 4.14. The van der Waals surface area contributed by atoms with E-state index in [4.69, 9.17) is 28.4 Å². The molecule has 3 heterocycles. The smallest absolute Gasteiger partial charge is 0.332 e. The van der Waals surface area contributed by atoms with Crippen LogP contribution in [0.25, 0.3) is 0 Å². The average molecular weight is 404 g/mol. The van der Waals surface area contributed by atoms with Crippen molar-refractivity contribution in [3.63, 3.8) is 0 Å². The zero-order chi connectivity index (χ0) is 20.2. The first-order chi connectivity index (χ1) is 14.2. The largest absolute Gasteiger partial charge is 0.464 e. The molecule has 158 valence electrons. The maximum absolute atomic E-state index is 11.6. The number of esters is 1. The molecule has 7 nitrogen and oxygen atoms in total. The number of rotatable bonds is 6. The van der Waals surface area contributed by atoms with Gasteiger partial charge in [-0.25, -0.2) is 4.79 Å². The van der Waals surface area contributed by atoms with Crippen LogP contribution in [0.4, 0.5) is 0 Å². The Morgan fingerprint density at radius 3 is 2.62 bits per heavy atom. The Morgan fingerprint density at radius 1 is 1.10 bits per heavy atom. The highest BCUT2D eigenvalue weighted by molar-refractivity contribution is 5.70. The first-order valence-electron chi connectivity index (χ1n) is 10.2. The molecule has 0 saturated carbocycles. The number of hydrogen-bond acceptors (Lipinski definition) is 7. The quantitative estimate of drug-likeness (QED) is 0.533. The van der Waals surface area contributed by atoms with E-state index in [1.54, 1.807) is 13.0 Å². The van der Waals surface area contributed by atoms with Gasteiger partial charge in [0.25, 0.3) is 0 Å². The van der Waals surface area contributed by atoms with Gasteiger partial charge in [0.05, 0.1) is 37.6 Å². The zero-order valence-corrected chi connectivity index (χ0v) is 16.6. The summed E-state index contributed by atoms with van der Waals surface area (Å²) < 4.78 is 35.2. The minimum Gasteiger partial charge on any atom is -0.464 e. The van der Waals surface area contributed by atoms with Gasteiger partial charge in [-0.2, -0.15) is 0 Å². The summed E-state index contributed by atoms with van der Waals surface area (Å²) in [6.45, 7) is 6.30. The van der Waals surface area contributed by atoms with Crippen LogP contribution < -0.4 is 0 Å². The highest BCUT2D eigenvalue weighted by Crippen LogP contribution is 2.38. The Balaban J connectivity index is 1.36. The normalized spacial score (nSPS) is 36.5. The Bertz CT molecular complexity index is 694. The molecule has 1 aromatic rings. The second-order valence-electron chi connectivity index (χ2n) is 7.46. The topological polar surface area (TPSA) is 72.5 Å². The lowest BCUT2D eigenvalue weighted by Crippen LogP contribution is -2.58. The van der Waals surface area contributed by atoms with Gasteiger partial charge in [0.1, 0.15) is 18.8 Å². The van der Waals surface area contributed by atoms with Gasteiger partial charge in [-0.15, -0.1) is 6.58 Å². The van der Waals surface area contributed by atoms with E-state index < -0.39 is 6.29 Å². The Kier molecular flexibility index (Phi) is 6.62. The van der Waals surface area contributed by atoms with E-state index in [-0.39, 0.29) is 49.2 Å². The number of benzene rings is 1. The molecule has 3 aliphatic heterocycles. The number of carbonyl (C=O) groups excluding carboxylic acids is 1. The van der Waals surface area contributed by atoms with E-state index in [1.165, 1.54) is 0 Å². The summed E-state index contributed by atoms with van der Waals surface area (Å²) in [5.41, 5.74) is 0.994. The summed E-state index contributed by atoms with van der Waals surface area (Å²) in [6, 6.07) is 9.89. The SMILES string of the molecule is C=C[C@@H]1O[C@@H]2C[C@@H]3OC(c4ccccc4)OC[C@H]3O[C@H]2C[C@H]1OCC(=O)OCC. The van der Waals surface area contributed by atoms with Crippen molar-refractivity contribution in [2.45, 2.75) is 62.7 Å². The highest BCUT2D eigenvalue weighted by atomic mass is 16.7. The predicted octanol–water partition coefficient (Wildman–Crippen LogP) is 2.55. The number of carbonyl (C=O) groups is 1. The van der Waals surface area contributed by atoms with Crippen molar-refractivity contribution in [1.82, 2.24) is 0 Å². The van der Waals surface area contributed by atoms with E-state index in [0.29, 0.717) is 19.6 Å². The lowest BCUT2D eigenvalue weighted by molar-refractivity contribution is -0.320. The van der Waals surface area contributed by atoms with Crippen LogP contribution in [0.2, 0.25) is 0 Å². The molecule has 0 aliphatic carbocycles. The van der Waals surface area contributed by atoms with Crippen molar-refractivity contribution in [1.29, 1.82) is 0 Å². The maximum Gasteiger partial charge on any atom is 0.332 e. The van der Waals surface area contributed by atoms with Gasteiger partial charge < -0.3 is 28.4 Å². The van der Waals surface area contributed by atoms with Crippen molar-refractivity contribution in [2.24, 2.45) is 0 Å². The molecule has 0 amide bonds. The van der Waals surface area contributed by atoms with Crippen LogP contribution in [0.3, 0.4) is 0 Å². The molecule has 0 N–H and O–H groups in total. The zero-order valence-electron chi connectivity index (χ0n) is 16.6. The Hall–Kier alpha value is -1.77. The molecule has 0 bridgehead atoms. The summed E-state index contributed by atoms with van der Waals surface area (Å²) in [5.74, 6) is -0.386. The number of fused-ring (bicyclic) bond motifs is 2. The first kappa shape index (κ1) is 20.5. The predicted molar refractivity (Wildman–Crippen MR) is 103 cm³/mol. The molecule has 7 atom stereocenters. The van der Waals surface area contributed by atoms with Crippen molar-refractivity contribution < 1.29 is 33.2 Å². The molecule has 3 fully saturated rings. The third kappa shape index (κ3) is 4.70. The highest BCUT2D eigenvalue weighted by Gasteiger charge is 2.48.